The molecule has 0 spiro atoms. The molecule has 0 atom stereocenters. The smallest absolute Gasteiger partial charge is 0.259 e. The lowest BCUT2D eigenvalue weighted by Crippen LogP contribution is -2.28. The SMILES string of the molecule is Cc1cc2c3ccccc3c(=O)n3c2c(n1)OCC3. The number of benzene rings is 1. The maximum Gasteiger partial charge on any atom is 0.259 e. The quantitative estimate of drug-likeness (QED) is 0.576. The lowest BCUT2D eigenvalue weighted by atomic mass is 10.1. The second-order valence-corrected chi connectivity index (χ2v) is 4.82. The highest BCUT2D eigenvalue weighted by atomic mass is 16.5. The second kappa shape index (κ2) is 3.57. The van der Waals surface area contributed by atoms with E-state index in [-0.39, 0.29) is 5.56 Å². The number of aromatic nitrogens is 2. The van der Waals surface area contributed by atoms with Crippen LogP contribution in [0.15, 0.2) is 35.1 Å². The molecule has 0 bridgehead atoms. The Morgan fingerprint density at radius 2 is 2.00 bits per heavy atom. The third kappa shape index (κ3) is 1.34. The van der Waals surface area contributed by atoms with E-state index >= 15 is 0 Å². The van der Waals surface area contributed by atoms with Crippen LogP contribution in [0.1, 0.15) is 5.69 Å². The van der Waals surface area contributed by atoms with E-state index in [0.717, 1.165) is 27.4 Å². The summed E-state index contributed by atoms with van der Waals surface area (Å²) in [4.78, 5) is 16.9. The summed E-state index contributed by atoms with van der Waals surface area (Å²) in [6, 6.07) is 9.73. The molecular weight excluding hydrogens is 240 g/mol. The van der Waals surface area contributed by atoms with Gasteiger partial charge in [-0.05, 0) is 24.4 Å². The molecule has 4 rings (SSSR count). The molecule has 0 fully saturated rings. The number of fused-ring (bicyclic) bond motifs is 2. The van der Waals surface area contributed by atoms with Crippen molar-refractivity contribution in [2.75, 3.05) is 6.61 Å². The summed E-state index contributed by atoms with van der Waals surface area (Å²) in [6.07, 6.45) is 0. The lowest BCUT2D eigenvalue weighted by Gasteiger charge is -2.20. The minimum Gasteiger partial charge on any atom is -0.474 e. The average molecular weight is 252 g/mol. The van der Waals surface area contributed by atoms with E-state index in [1.165, 1.54) is 0 Å². The molecule has 0 N–H and O–H groups in total. The normalized spacial score (nSPS) is 13.7. The Hall–Kier alpha value is -2.36. The molecule has 4 nitrogen and oxygen atoms in total. The van der Waals surface area contributed by atoms with Crippen LogP contribution in [0.2, 0.25) is 0 Å². The van der Waals surface area contributed by atoms with Gasteiger partial charge in [-0.3, -0.25) is 9.36 Å². The van der Waals surface area contributed by atoms with Crippen molar-refractivity contribution < 1.29 is 4.74 Å². The summed E-state index contributed by atoms with van der Waals surface area (Å²) in [5.41, 5.74) is 1.76. The first kappa shape index (κ1) is 10.6. The topological polar surface area (TPSA) is 44.1 Å². The molecule has 3 heterocycles. The third-order valence-electron chi connectivity index (χ3n) is 3.61. The minimum atomic E-state index is 0.0401. The summed E-state index contributed by atoms with van der Waals surface area (Å²) in [7, 11) is 0. The van der Waals surface area contributed by atoms with Gasteiger partial charge in [-0.1, -0.05) is 18.2 Å². The number of ether oxygens (including phenoxy) is 1. The maximum atomic E-state index is 12.5. The molecule has 2 aromatic heterocycles. The van der Waals surface area contributed by atoms with Crippen LogP contribution in [0, 0.1) is 6.92 Å². The zero-order valence-corrected chi connectivity index (χ0v) is 10.5. The number of hydrogen-bond acceptors (Lipinski definition) is 3. The fourth-order valence-electron chi connectivity index (χ4n) is 2.80. The summed E-state index contributed by atoms with van der Waals surface area (Å²) in [5.74, 6) is 0.573. The fraction of sp³-hybridized carbons (Fsp3) is 0.200. The Kier molecular flexibility index (Phi) is 1.98. The van der Waals surface area contributed by atoms with Gasteiger partial charge in [-0.15, -0.1) is 0 Å². The van der Waals surface area contributed by atoms with Crippen molar-refractivity contribution in [2.45, 2.75) is 13.5 Å². The monoisotopic (exact) mass is 252 g/mol. The minimum absolute atomic E-state index is 0.0401. The summed E-state index contributed by atoms with van der Waals surface area (Å²) >= 11 is 0. The van der Waals surface area contributed by atoms with Gasteiger partial charge in [0.1, 0.15) is 12.1 Å². The molecule has 0 saturated heterocycles. The van der Waals surface area contributed by atoms with E-state index in [1.54, 1.807) is 4.57 Å². The van der Waals surface area contributed by atoms with E-state index in [4.69, 9.17) is 4.74 Å². The van der Waals surface area contributed by atoms with E-state index in [0.29, 0.717) is 19.0 Å². The standard InChI is InChI=1S/C15H12N2O2/c1-9-8-12-10-4-2-3-5-11(10)15(18)17-6-7-19-14(16-9)13(12)17/h2-5,8H,6-7H2,1H3. The molecule has 1 aliphatic rings. The molecule has 1 aliphatic heterocycles. The van der Waals surface area contributed by atoms with E-state index in [9.17, 15) is 4.79 Å². The van der Waals surface area contributed by atoms with Crippen LogP contribution in [0.3, 0.4) is 0 Å². The van der Waals surface area contributed by atoms with Crippen molar-refractivity contribution >= 4 is 21.7 Å². The van der Waals surface area contributed by atoms with Gasteiger partial charge in [0.25, 0.3) is 5.56 Å². The fourth-order valence-corrected chi connectivity index (χ4v) is 2.80. The van der Waals surface area contributed by atoms with Crippen LogP contribution >= 0.6 is 0 Å². The van der Waals surface area contributed by atoms with Gasteiger partial charge in [0, 0.05) is 16.5 Å². The van der Waals surface area contributed by atoms with Gasteiger partial charge in [0.15, 0.2) is 0 Å². The highest BCUT2D eigenvalue weighted by Gasteiger charge is 2.19. The molecule has 94 valence electrons. The Bertz CT molecular complexity index is 881. The zero-order chi connectivity index (χ0) is 13.0. The van der Waals surface area contributed by atoms with E-state index in [1.807, 2.05) is 37.3 Å². The van der Waals surface area contributed by atoms with Gasteiger partial charge in [-0.25, -0.2) is 4.98 Å². The van der Waals surface area contributed by atoms with Crippen molar-refractivity contribution in [3.63, 3.8) is 0 Å². The molecule has 1 aromatic carbocycles. The van der Waals surface area contributed by atoms with Crippen LogP contribution in [0.25, 0.3) is 21.7 Å². The van der Waals surface area contributed by atoms with Gasteiger partial charge in [0.2, 0.25) is 5.88 Å². The molecular formula is C15H12N2O2. The first-order valence-corrected chi connectivity index (χ1v) is 6.31. The Balaban J connectivity index is 2.38. The Morgan fingerprint density at radius 1 is 1.21 bits per heavy atom. The number of aryl methyl sites for hydroxylation is 1. The molecule has 0 unspecified atom stereocenters. The van der Waals surface area contributed by atoms with Crippen LogP contribution < -0.4 is 10.3 Å². The summed E-state index contributed by atoms with van der Waals surface area (Å²) < 4.78 is 7.39. The zero-order valence-electron chi connectivity index (χ0n) is 10.5. The highest BCUT2D eigenvalue weighted by molar-refractivity contribution is 6.07. The highest BCUT2D eigenvalue weighted by Crippen LogP contribution is 2.30. The van der Waals surface area contributed by atoms with Crippen molar-refractivity contribution in [3.05, 3.63) is 46.4 Å². The third-order valence-corrected chi connectivity index (χ3v) is 3.61. The molecule has 19 heavy (non-hydrogen) atoms. The van der Waals surface area contributed by atoms with Crippen LogP contribution in [0.5, 0.6) is 5.88 Å². The average Bonchev–Trinajstić information content (AvgIpc) is 2.44. The Morgan fingerprint density at radius 3 is 2.84 bits per heavy atom. The first-order chi connectivity index (χ1) is 9.25. The predicted molar refractivity (Wildman–Crippen MR) is 73.7 cm³/mol. The van der Waals surface area contributed by atoms with Crippen molar-refractivity contribution in [2.24, 2.45) is 0 Å². The summed E-state index contributed by atoms with van der Waals surface area (Å²) in [6.45, 7) is 3.02. The van der Waals surface area contributed by atoms with E-state index < -0.39 is 0 Å². The second-order valence-electron chi connectivity index (χ2n) is 4.82. The number of rotatable bonds is 0. The van der Waals surface area contributed by atoms with Crippen molar-refractivity contribution in [1.29, 1.82) is 0 Å². The number of pyridine rings is 2. The van der Waals surface area contributed by atoms with Gasteiger partial charge >= 0.3 is 0 Å². The van der Waals surface area contributed by atoms with Crippen molar-refractivity contribution in [1.82, 2.24) is 9.55 Å². The summed E-state index contributed by atoms with van der Waals surface area (Å²) in [5, 5.41) is 2.77. The van der Waals surface area contributed by atoms with Crippen LogP contribution in [0.4, 0.5) is 0 Å². The van der Waals surface area contributed by atoms with Gasteiger partial charge in [-0.2, -0.15) is 0 Å². The lowest BCUT2D eigenvalue weighted by molar-refractivity contribution is 0.273. The van der Waals surface area contributed by atoms with Gasteiger partial charge < -0.3 is 4.74 Å². The van der Waals surface area contributed by atoms with E-state index in [2.05, 4.69) is 4.98 Å². The predicted octanol–water partition coefficient (Wildman–Crippen LogP) is 2.25. The number of nitrogens with zero attached hydrogens (tertiary/aromatic N) is 2. The van der Waals surface area contributed by atoms with Crippen LogP contribution in [-0.4, -0.2) is 16.2 Å². The van der Waals surface area contributed by atoms with Gasteiger partial charge in [0.05, 0.1) is 6.54 Å². The number of hydrogen-bond donors (Lipinski definition) is 0. The molecule has 0 amide bonds. The molecule has 0 radical (unpaired) electrons. The maximum absolute atomic E-state index is 12.5. The first-order valence-electron chi connectivity index (χ1n) is 6.31. The molecule has 0 aliphatic carbocycles. The van der Waals surface area contributed by atoms with Crippen molar-refractivity contribution in [3.8, 4) is 5.88 Å². The molecule has 0 saturated carbocycles. The molecule has 4 heteroatoms. The van der Waals surface area contributed by atoms with Crippen LogP contribution in [-0.2, 0) is 6.54 Å². The molecule has 3 aromatic rings. The largest absolute Gasteiger partial charge is 0.474 e. The Labute approximate surface area is 109 Å².